The molecule has 4 aliphatic carbocycles. The van der Waals surface area contributed by atoms with E-state index in [-0.39, 0.29) is 27.0 Å². The Morgan fingerprint density at radius 1 is 1.06 bits per heavy atom. The van der Waals surface area contributed by atoms with Gasteiger partial charge in [-0.15, -0.1) is 0 Å². The number of carbonyl (C=O) groups excluding carboxylic acids is 1. The van der Waals surface area contributed by atoms with E-state index >= 15 is 0 Å². The fourth-order valence-corrected chi connectivity index (χ4v) is 9.22. The minimum Gasteiger partial charge on any atom is -0.379 e. The monoisotopic (exact) mass is 446 g/mol. The number of sulfonamides is 1. The van der Waals surface area contributed by atoms with Gasteiger partial charge in [0.2, 0.25) is 15.9 Å². The molecule has 2 unspecified atom stereocenters. The summed E-state index contributed by atoms with van der Waals surface area (Å²) in [4.78, 5) is 13.9. The van der Waals surface area contributed by atoms with E-state index in [1.165, 1.54) is 23.6 Å². The first-order chi connectivity index (χ1) is 14.5. The van der Waals surface area contributed by atoms with Gasteiger partial charge >= 0.3 is 0 Å². The highest BCUT2D eigenvalue weighted by atomic mass is 32.2. The first-order valence-corrected chi connectivity index (χ1v) is 13.0. The third-order valence-electron chi connectivity index (χ3n) is 8.17. The predicted molar refractivity (Wildman–Crippen MR) is 119 cm³/mol. The number of hydrogen-bond donors (Lipinski definition) is 1. The molecule has 4 bridgehead atoms. The zero-order chi connectivity index (χ0) is 22.1. The number of nitrogens with zero attached hydrogens (tertiary/aromatic N) is 1. The van der Waals surface area contributed by atoms with Gasteiger partial charge in [-0.1, -0.05) is 19.9 Å². The molecular weight excluding hydrogens is 412 g/mol. The van der Waals surface area contributed by atoms with Crippen LogP contribution in [0.5, 0.6) is 0 Å². The van der Waals surface area contributed by atoms with Crippen molar-refractivity contribution in [2.24, 2.45) is 22.2 Å². The van der Waals surface area contributed by atoms with Crippen LogP contribution in [0.25, 0.3) is 0 Å². The maximum atomic E-state index is 13.7. The highest BCUT2D eigenvalue weighted by Gasteiger charge is 2.62. The van der Waals surface area contributed by atoms with Crippen molar-refractivity contribution in [2.75, 3.05) is 31.6 Å². The van der Waals surface area contributed by atoms with Gasteiger partial charge in [-0.3, -0.25) is 4.79 Å². The molecule has 170 valence electrons. The molecule has 5 fully saturated rings. The highest BCUT2D eigenvalue weighted by Crippen LogP contribution is 2.69. The van der Waals surface area contributed by atoms with E-state index in [1.54, 1.807) is 18.2 Å². The van der Waals surface area contributed by atoms with Crippen LogP contribution >= 0.6 is 0 Å². The van der Waals surface area contributed by atoms with Crippen LogP contribution in [-0.4, -0.2) is 44.9 Å². The third kappa shape index (κ3) is 3.62. The van der Waals surface area contributed by atoms with E-state index in [9.17, 15) is 13.2 Å². The second-order valence-corrected chi connectivity index (χ2v) is 13.3. The molecule has 2 atom stereocenters. The lowest BCUT2D eigenvalue weighted by atomic mass is 9.40. The smallest absolute Gasteiger partial charge is 0.243 e. The Bertz CT molecular complexity index is 996. The van der Waals surface area contributed by atoms with Crippen molar-refractivity contribution in [3.05, 3.63) is 23.8 Å². The van der Waals surface area contributed by atoms with E-state index < -0.39 is 10.0 Å². The van der Waals surface area contributed by atoms with Crippen molar-refractivity contribution in [1.29, 1.82) is 0 Å². The quantitative estimate of drug-likeness (QED) is 0.760. The van der Waals surface area contributed by atoms with Gasteiger partial charge in [0.05, 0.1) is 23.5 Å². The van der Waals surface area contributed by atoms with E-state index in [1.807, 2.05) is 6.92 Å². The molecule has 7 heteroatoms. The molecule has 6 nitrogen and oxygen atoms in total. The Morgan fingerprint density at radius 3 is 2.32 bits per heavy atom. The van der Waals surface area contributed by atoms with Crippen LogP contribution in [-0.2, 0) is 19.6 Å². The summed E-state index contributed by atoms with van der Waals surface area (Å²) in [6.45, 7) is 8.19. The van der Waals surface area contributed by atoms with Crippen LogP contribution in [0.4, 0.5) is 5.69 Å². The van der Waals surface area contributed by atoms with Crippen molar-refractivity contribution in [3.8, 4) is 0 Å². The summed E-state index contributed by atoms with van der Waals surface area (Å²) in [5.41, 5.74) is 1.68. The summed E-state index contributed by atoms with van der Waals surface area (Å²) in [7, 11) is -3.60. The van der Waals surface area contributed by atoms with Gasteiger partial charge in [0.1, 0.15) is 0 Å². The summed E-state index contributed by atoms with van der Waals surface area (Å²) < 4.78 is 33.0. The largest absolute Gasteiger partial charge is 0.379 e. The van der Waals surface area contributed by atoms with Crippen molar-refractivity contribution in [3.63, 3.8) is 0 Å². The molecule has 1 aliphatic heterocycles. The van der Waals surface area contributed by atoms with E-state index in [2.05, 4.69) is 19.2 Å². The first-order valence-electron chi connectivity index (χ1n) is 11.5. The van der Waals surface area contributed by atoms with Crippen LogP contribution < -0.4 is 5.32 Å². The van der Waals surface area contributed by atoms with E-state index in [0.717, 1.165) is 24.8 Å². The van der Waals surface area contributed by atoms with Crippen LogP contribution in [0.1, 0.15) is 57.9 Å². The number of amides is 1. The summed E-state index contributed by atoms with van der Waals surface area (Å²) in [5.74, 6) is 0.712. The molecule has 0 spiro atoms. The molecule has 1 heterocycles. The highest BCUT2D eigenvalue weighted by molar-refractivity contribution is 7.89. The number of benzene rings is 1. The molecule has 31 heavy (non-hydrogen) atoms. The molecule has 1 N–H and O–H groups in total. The Hall–Kier alpha value is -1.44. The van der Waals surface area contributed by atoms with Crippen molar-refractivity contribution >= 4 is 21.6 Å². The summed E-state index contributed by atoms with van der Waals surface area (Å²) in [6.07, 6.45) is 6.56. The van der Waals surface area contributed by atoms with Crippen LogP contribution in [0, 0.1) is 29.1 Å². The molecule has 1 aromatic rings. The SMILES string of the molecule is Cc1ccc(S(=O)(=O)N2CCOCC2)cc1NC(=O)C12CC3CC(C)(CC(C)(C3)C1)C2. The van der Waals surface area contributed by atoms with Gasteiger partial charge in [0, 0.05) is 18.8 Å². The maximum absolute atomic E-state index is 13.7. The van der Waals surface area contributed by atoms with Crippen molar-refractivity contribution < 1.29 is 17.9 Å². The maximum Gasteiger partial charge on any atom is 0.243 e. The summed E-state index contributed by atoms with van der Waals surface area (Å²) in [5, 5.41) is 3.17. The zero-order valence-electron chi connectivity index (χ0n) is 18.9. The van der Waals surface area contributed by atoms with Crippen LogP contribution in [0.3, 0.4) is 0 Å². The van der Waals surface area contributed by atoms with E-state index in [0.29, 0.717) is 37.9 Å². The van der Waals surface area contributed by atoms with Gasteiger partial charge < -0.3 is 10.1 Å². The fraction of sp³-hybridized carbons (Fsp3) is 0.708. The number of anilines is 1. The third-order valence-corrected chi connectivity index (χ3v) is 10.1. The van der Waals surface area contributed by atoms with Gasteiger partial charge in [-0.25, -0.2) is 8.42 Å². The predicted octanol–water partition coefficient (Wildman–Crippen LogP) is 3.95. The number of nitrogens with one attached hydrogen (secondary N) is 1. The molecule has 1 amide bonds. The number of aryl methyl sites for hydroxylation is 1. The lowest BCUT2D eigenvalue weighted by molar-refractivity contribution is -0.165. The standard InChI is InChI=1S/C24H34N2O4S/c1-17-4-5-19(31(28,29)26-6-8-30-9-7-26)10-20(17)25-21(27)24-13-18-11-22(2,15-24)14-23(3,12-18)16-24/h4-5,10,18H,6-9,11-16H2,1-3H3,(H,25,27). The molecule has 4 saturated carbocycles. The second-order valence-electron chi connectivity index (χ2n) is 11.4. The summed E-state index contributed by atoms with van der Waals surface area (Å²) >= 11 is 0. The average Bonchev–Trinajstić information content (AvgIpc) is 2.67. The fourth-order valence-electron chi connectivity index (χ4n) is 7.79. The Balaban J connectivity index is 1.42. The van der Waals surface area contributed by atoms with Crippen LogP contribution in [0.15, 0.2) is 23.1 Å². The number of carbonyl (C=O) groups is 1. The van der Waals surface area contributed by atoms with Gasteiger partial charge in [0.25, 0.3) is 0 Å². The minimum atomic E-state index is -3.60. The molecule has 0 radical (unpaired) electrons. The topological polar surface area (TPSA) is 75.7 Å². The average molecular weight is 447 g/mol. The Labute approximate surface area is 185 Å². The molecule has 0 aromatic heterocycles. The Kier molecular flexibility index (Phi) is 4.85. The summed E-state index contributed by atoms with van der Waals surface area (Å²) in [6, 6.07) is 5.08. The van der Waals surface area contributed by atoms with Crippen molar-refractivity contribution in [2.45, 2.75) is 64.2 Å². The van der Waals surface area contributed by atoms with E-state index in [4.69, 9.17) is 4.74 Å². The van der Waals surface area contributed by atoms with Crippen molar-refractivity contribution in [1.82, 2.24) is 4.31 Å². The lowest BCUT2D eigenvalue weighted by Crippen LogP contribution is -2.58. The number of hydrogen-bond acceptors (Lipinski definition) is 4. The molecule has 1 saturated heterocycles. The number of rotatable bonds is 4. The molecule has 5 aliphatic rings. The Morgan fingerprint density at radius 2 is 1.71 bits per heavy atom. The van der Waals surface area contributed by atoms with Gasteiger partial charge in [-0.05, 0) is 79.9 Å². The second kappa shape index (κ2) is 7.03. The molecule has 6 rings (SSSR count). The first kappa shape index (κ1) is 21.4. The van der Waals surface area contributed by atoms with Gasteiger partial charge in [0.15, 0.2) is 0 Å². The van der Waals surface area contributed by atoms with Crippen LogP contribution in [0.2, 0.25) is 0 Å². The number of ether oxygens (including phenoxy) is 1. The minimum absolute atomic E-state index is 0.0815. The normalized spacial score (nSPS) is 37.7. The number of morpholine rings is 1. The molecular formula is C24H34N2O4S. The molecule has 1 aromatic carbocycles. The lowest BCUT2D eigenvalue weighted by Gasteiger charge is -2.64. The van der Waals surface area contributed by atoms with Gasteiger partial charge in [-0.2, -0.15) is 4.31 Å². The zero-order valence-corrected chi connectivity index (χ0v) is 19.7.